The molecule has 1 atom stereocenters. The molecule has 0 saturated heterocycles. The summed E-state index contributed by atoms with van der Waals surface area (Å²) in [6, 6.07) is 9.22. The van der Waals surface area contributed by atoms with Gasteiger partial charge in [0, 0.05) is 16.3 Å². The predicted octanol–water partition coefficient (Wildman–Crippen LogP) is 3.66. The SMILES string of the molecule is CCOC(=O)c1ccc(NC(=O)CC2Sc3ccc(Cl)cc3NC2=O)c(O)c1. The monoisotopic (exact) mass is 420 g/mol. The van der Waals surface area contributed by atoms with Gasteiger partial charge < -0.3 is 20.5 Å². The van der Waals surface area contributed by atoms with Crippen molar-refractivity contribution in [3.63, 3.8) is 0 Å². The van der Waals surface area contributed by atoms with E-state index in [0.717, 1.165) is 4.90 Å². The first kappa shape index (κ1) is 20.0. The molecule has 3 rings (SSSR count). The second-order valence-electron chi connectivity index (χ2n) is 5.94. The summed E-state index contributed by atoms with van der Waals surface area (Å²) in [5, 5.41) is 15.2. The number of anilines is 2. The molecule has 1 heterocycles. The van der Waals surface area contributed by atoms with Crippen LogP contribution in [-0.2, 0) is 14.3 Å². The second kappa shape index (κ2) is 8.53. The van der Waals surface area contributed by atoms with Crippen molar-refractivity contribution in [3.8, 4) is 5.75 Å². The number of benzene rings is 2. The summed E-state index contributed by atoms with van der Waals surface area (Å²) >= 11 is 7.19. The van der Waals surface area contributed by atoms with Crippen molar-refractivity contribution in [2.45, 2.75) is 23.5 Å². The first-order chi connectivity index (χ1) is 13.4. The molecular formula is C19H17ClN2O5S. The number of fused-ring (bicyclic) bond motifs is 1. The van der Waals surface area contributed by atoms with Gasteiger partial charge in [-0.1, -0.05) is 11.6 Å². The normalized spacial score (nSPS) is 15.4. The van der Waals surface area contributed by atoms with Crippen molar-refractivity contribution in [2.24, 2.45) is 0 Å². The number of thioether (sulfide) groups is 1. The van der Waals surface area contributed by atoms with Crippen LogP contribution in [0.3, 0.4) is 0 Å². The van der Waals surface area contributed by atoms with Crippen molar-refractivity contribution in [3.05, 3.63) is 47.0 Å². The quantitative estimate of drug-likeness (QED) is 0.503. The Morgan fingerprint density at radius 3 is 2.79 bits per heavy atom. The molecule has 3 N–H and O–H groups in total. The lowest BCUT2D eigenvalue weighted by Crippen LogP contribution is -2.32. The number of hydrogen-bond acceptors (Lipinski definition) is 6. The second-order valence-corrected chi connectivity index (χ2v) is 7.62. The van der Waals surface area contributed by atoms with Crippen molar-refractivity contribution in [2.75, 3.05) is 17.2 Å². The maximum absolute atomic E-state index is 12.3. The highest BCUT2D eigenvalue weighted by molar-refractivity contribution is 8.01. The van der Waals surface area contributed by atoms with Crippen LogP contribution in [0.4, 0.5) is 11.4 Å². The maximum Gasteiger partial charge on any atom is 0.338 e. The topological polar surface area (TPSA) is 105 Å². The van der Waals surface area contributed by atoms with Crippen LogP contribution >= 0.6 is 23.4 Å². The van der Waals surface area contributed by atoms with Crippen LogP contribution in [0.5, 0.6) is 5.75 Å². The number of rotatable bonds is 5. The lowest BCUT2D eigenvalue weighted by atomic mass is 10.1. The molecule has 1 aliphatic rings. The van der Waals surface area contributed by atoms with Gasteiger partial charge in [0.05, 0.1) is 28.8 Å². The van der Waals surface area contributed by atoms with E-state index in [1.807, 2.05) is 0 Å². The van der Waals surface area contributed by atoms with E-state index >= 15 is 0 Å². The van der Waals surface area contributed by atoms with Crippen molar-refractivity contribution >= 4 is 52.5 Å². The molecule has 9 heteroatoms. The Morgan fingerprint density at radius 1 is 1.29 bits per heavy atom. The zero-order valence-corrected chi connectivity index (χ0v) is 16.4. The number of carbonyl (C=O) groups is 3. The summed E-state index contributed by atoms with van der Waals surface area (Å²) in [4.78, 5) is 37.1. The van der Waals surface area contributed by atoms with Crippen LogP contribution in [0.25, 0.3) is 0 Å². The Labute approximate surface area is 170 Å². The summed E-state index contributed by atoms with van der Waals surface area (Å²) < 4.78 is 4.86. The van der Waals surface area contributed by atoms with E-state index in [9.17, 15) is 19.5 Å². The molecule has 0 saturated carbocycles. The third-order valence-corrected chi connectivity index (χ3v) is 5.43. The Balaban J connectivity index is 1.65. The summed E-state index contributed by atoms with van der Waals surface area (Å²) in [5.74, 6) is -1.56. The number of ether oxygens (including phenoxy) is 1. The lowest BCUT2D eigenvalue weighted by Gasteiger charge is -2.23. The predicted molar refractivity (Wildman–Crippen MR) is 107 cm³/mol. The Hall–Kier alpha value is -2.71. The van der Waals surface area contributed by atoms with E-state index in [1.54, 1.807) is 25.1 Å². The molecule has 146 valence electrons. The largest absolute Gasteiger partial charge is 0.506 e. The zero-order valence-electron chi connectivity index (χ0n) is 14.8. The highest BCUT2D eigenvalue weighted by atomic mass is 35.5. The number of carbonyl (C=O) groups excluding carboxylic acids is 3. The Bertz CT molecular complexity index is 950. The number of halogens is 1. The Morgan fingerprint density at radius 2 is 2.07 bits per heavy atom. The van der Waals surface area contributed by atoms with Gasteiger partial charge in [-0.25, -0.2) is 4.79 Å². The number of nitrogens with one attached hydrogen (secondary N) is 2. The first-order valence-corrected chi connectivity index (χ1v) is 9.70. The van der Waals surface area contributed by atoms with Crippen LogP contribution in [0, 0.1) is 0 Å². The van der Waals surface area contributed by atoms with Gasteiger partial charge in [-0.15, -0.1) is 11.8 Å². The molecule has 0 aliphatic carbocycles. The average molecular weight is 421 g/mol. The van der Waals surface area contributed by atoms with E-state index in [-0.39, 0.29) is 35.9 Å². The molecule has 0 bridgehead atoms. The Kier molecular flexibility index (Phi) is 6.11. The van der Waals surface area contributed by atoms with Gasteiger partial charge >= 0.3 is 5.97 Å². The highest BCUT2D eigenvalue weighted by Crippen LogP contribution is 2.38. The third kappa shape index (κ3) is 4.58. The fraction of sp³-hybridized carbons (Fsp3) is 0.211. The molecule has 7 nitrogen and oxygen atoms in total. The highest BCUT2D eigenvalue weighted by Gasteiger charge is 2.29. The summed E-state index contributed by atoms with van der Waals surface area (Å²) in [6.07, 6.45) is -0.0857. The smallest absolute Gasteiger partial charge is 0.338 e. The van der Waals surface area contributed by atoms with E-state index in [2.05, 4.69) is 10.6 Å². The van der Waals surface area contributed by atoms with E-state index < -0.39 is 17.1 Å². The van der Waals surface area contributed by atoms with Gasteiger partial charge in [0.1, 0.15) is 5.75 Å². The standard InChI is InChI=1S/C19H17ClN2O5S/c1-2-27-19(26)10-3-5-12(14(23)7-10)21-17(24)9-16-18(25)22-13-8-11(20)4-6-15(13)28-16/h3-8,16,23H,2,9H2,1H3,(H,21,24)(H,22,25). The number of esters is 1. The minimum absolute atomic E-state index is 0.0857. The molecule has 1 aliphatic heterocycles. The van der Waals surface area contributed by atoms with Crippen LogP contribution < -0.4 is 10.6 Å². The van der Waals surface area contributed by atoms with Gasteiger partial charge in [0.2, 0.25) is 11.8 Å². The minimum Gasteiger partial charge on any atom is -0.506 e. The van der Waals surface area contributed by atoms with Gasteiger partial charge in [0.25, 0.3) is 0 Å². The maximum atomic E-state index is 12.3. The molecule has 2 aromatic carbocycles. The number of phenols is 1. The summed E-state index contributed by atoms with van der Waals surface area (Å²) in [6.45, 7) is 1.90. The number of aromatic hydroxyl groups is 1. The fourth-order valence-electron chi connectivity index (χ4n) is 2.61. The molecule has 2 amide bonds. The van der Waals surface area contributed by atoms with Crippen LogP contribution in [0.1, 0.15) is 23.7 Å². The van der Waals surface area contributed by atoms with Crippen molar-refractivity contribution in [1.29, 1.82) is 0 Å². The fourth-order valence-corrected chi connectivity index (χ4v) is 3.87. The van der Waals surface area contributed by atoms with E-state index in [4.69, 9.17) is 16.3 Å². The molecular weight excluding hydrogens is 404 g/mol. The zero-order chi connectivity index (χ0) is 20.3. The molecule has 0 fully saturated rings. The number of hydrogen-bond donors (Lipinski definition) is 3. The van der Waals surface area contributed by atoms with Gasteiger partial charge in [-0.05, 0) is 43.3 Å². The minimum atomic E-state index is -0.616. The van der Waals surface area contributed by atoms with Crippen LogP contribution in [0.2, 0.25) is 5.02 Å². The number of phenolic OH excluding ortho intramolecular Hbond substituents is 1. The summed E-state index contributed by atoms with van der Waals surface area (Å²) in [7, 11) is 0. The molecule has 0 spiro atoms. The summed E-state index contributed by atoms with van der Waals surface area (Å²) in [5.41, 5.74) is 0.938. The average Bonchev–Trinajstić information content (AvgIpc) is 2.64. The van der Waals surface area contributed by atoms with Gasteiger partial charge in [0.15, 0.2) is 0 Å². The van der Waals surface area contributed by atoms with Crippen molar-refractivity contribution in [1.82, 2.24) is 0 Å². The molecule has 0 radical (unpaired) electrons. The molecule has 1 unspecified atom stereocenters. The lowest BCUT2D eigenvalue weighted by molar-refractivity contribution is -0.120. The molecule has 28 heavy (non-hydrogen) atoms. The van der Waals surface area contributed by atoms with Crippen LogP contribution in [0.15, 0.2) is 41.3 Å². The number of amides is 2. The first-order valence-electron chi connectivity index (χ1n) is 8.44. The third-order valence-electron chi connectivity index (χ3n) is 3.91. The van der Waals surface area contributed by atoms with Crippen molar-refractivity contribution < 1.29 is 24.2 Å². The van der Waals surface area contributed by atoms with Crippen LogP contribution in [-0.4, -0.2) is 34.7 Å². The molecule has 2 aromatic rings. The molecule has 0 aromatic heterocycles. The van der Waals surface area contributed by atoms with Gasteiger partial charge in [-0.2, -0.15) is 0 Å². The van der Waals surface area contributed by atoms with E-state index in [0.29, 0.717) is 10.7 Å². The van der Waals surface area contributed by atoms with Gasteiger partial charge in [-0.3, -0.25) is 9.59 Å². The van der Waals surface area contributed by atoms with E-state index in [1.165, 1.54) is 30.0 Å².